The second-order valence-corrected chi connectivity index (χ2v) is 4.45. The van der Waals surface area contributed by atoms with E-state index < -0.39 is 0 Å². The number of nitrogens with two attached hydrogens (primary N) is 1. The number of hydrogen-bond donors (Lipinski definition) is 2. The Morgan fingerprint density at radius 3 is 2.81 bits per heavy atom. The summed E-state index contributed by atoms with van der Waals surface area (Å²) < 4.78 is 5.62. The fourth-order valence-electron chi connectivity index (χ4n) is 2.14. The second kappa shape index (κ2) is 3.49. The average molecular weight is 217 g/mol. The number of rotatable bonds is 3. The number of benzene rings is 1. The van der Waals surface area contributed by atoms with Crippen molar-refractivity contribution in [2.75, 3.05) is 11.9 Å². The molecular weight excluding hydrogens is 202 g/mol. The lowest BCUT2D eigenvalue weighted by Gasteiger charge is -2.40. The highest BCUT2D eigenvalue weighted by Crippen LogP contribution is 2.34. The van der Waals surface area contributed by atoms with Crippen LogP contribution in [0.5, 0.6) is 0 Å². The molecule has 0 saturated heterocycles. The van der Waals surface area contributed by atoms with E-state index in [2.05, 4.69) is 10.3 Å². The van der Waals surface area contributed by atoms with Crippen molar-refractivity contribution in [2.24, 2.45) is 5.73 Å². The minimum absolute atomic E-state index is 0.0148. The van der Waals surface area contributed by atoms with Crippen molar-refractivity contribution in [1.29, 1.82) is 0 Å². The Bertz CT molecular complexity index is 463. The molecule has 0 spiro atoms. The van der Waals surface area contributed by atoms with Gasteiger partial charge in [-0.2, -0.15) is 4.98 Å². The van der Waals surface area contributed by atoms with Crippen LogP contribution in [0, 0.1) is 0 Å². The normalized spacial score (nSPS) is 18.3. The van der Waals surface area contributed by atoms with Crippen LogP contribution in [0.15, 0.2) is 28.7 Å². The van der Waals surface area contributed by atoms with Crippen LogP contribution >= 0.6 is 0 Å². The Hall–Kier alpha value is -1.55. The lowest BCUT2D eigenvalue weighted by atomic mass is 9.77. The maximum Gasteiger partial charge on any atom is 0.296 e. The molecular formula is C12H15N3O. The molecule has 3 rings (SSSR count). The van der Waals surface area contributed by atoms with Gasteiger partial charge in [-0.05, 0) is 31.4 Å². The number of fused-ring (bicyclic) bond motifs is 1. The Kier molecular flexibility index (Phi) is 2.11. The summed E-state index contributed by atoms with van der Waals surface area (Å²) in [5.74, 6) is 0. The van der Waals surface area contributed by atoms with Crippen molar-refractivity contribution in [2.45, 2.75) is 24.8 Å². The van der Waals surface area contributed by atoms with Crippen molar-refractivity contribution in [1.82, 2.24) is 4.98 Å². The standard InChI is InChI=1S/C12H15N3O/c13-8-12(6-3-7-12)15-11-14-9-4-1-2-5-10(9)16-11/h1-2,4-5H,3,6-8,13H2,(H,14,15). The largest absolute Gasteiger partial charge is 0.424 e. The van der Waals surface area contributed by atoms with Gasteiger partial charge in [0.25, 0.3) is 6.01 Å². The number of aromatic nitrogens is 1. The maximum absolute atomic E-state index is 5.78. The number of hydrogen-bond acceptors (Lipinski definition) is 4. The lowest BCUT2D eigenvalue weighted by molar-refractivity contribution is 0.280. The molecule has 1 heterocycles. The molecule has 0 bridgehead atoms. The molecule has 0 atom stereocenters. The molecule has 0 radical (unpaired) electrons. The molecule has 1 aliphatic carbocycles. The predicted molar refractivity (Wildman–Crippen MR) is 63.3 cm³/mol. The van der Waals surface area contributed by atoms with E-state index >= 15 is 0 Å². The van der Waals surface area contributed by atoms with Gasteiger partial charge < -0.3 is 15.5 Å². The minimum atomic E-state index is 0.0148. The third kappa shape index (κ3) is 1.46. The monoisotopic (exact) mass is 217 g/mol. The highest BCUT2D eigenvalue weighted by molar-refractivity contribution is 5.74. The Morgan fingerprint density at radius 2 is 2.19 bits per heavy atom. The predicted octanol–water partition coefficient (Wildman–Crippen LogP) is 2.12. The van der Waals surface area contributed by atoms with Crippen molar-refractivity contribution >= 4 is 17.1 Å². The fraction of sp³-hybridized carbons (Fsp3) is 0.417. The van der Waals surface area contributed by atoms with Gasteiger partial charge in [-0.15, -0.1) is 0 Å². The van der Waals surface area contributed by atoms with Gasteiger partial charge in [0.15, 0.2) is 5.58 Å². The molecule has 16 heavy (non-hydrogen) atoms. The zero-order valence-electron chi connectivity index (χ0n) is 9.07. The molecule has 4 heteroatoms. The number of anilines is 1. The van der Waals surface area contributed by atoms with E-state index in [1.54, 1.807) is 0 Å². The molecule has 0 unspecified atom stereocenters. The number of para-hydroxylation sites is 2. The summed E-state index contributed by atoms with van der Waals surface area (Å²) in [7, 11) is 0. The van der Waals surface area contributed by atoms with E-state index in [0.717, 1.165) is 23.9 Å². The molecule has 3 N–H and O–H groups in total. The van der Waals surface area contributed by atoms with Gasteiger partial charge in [0, 0.05) is 6.54 Å². The first-order valence-corrected chi connectivity index (χ1v) is 5.65. The first-order valence-electron chi connectivity index (χ1n) is 5.65. The smallest absolute Gasteiger partial charge is 0.296 e. The van der Waals surface area contributed by atoms with Crippen LogP contribution in [0.2, 0.25) is 0 Å². The van der Waals surface area contributed by atoms with E-state index in [4.69, 9.17) is 10.2 Å². The average Bonchev–Trinajstić information content (AvgIpc) is 2.65. The topological polar surface area (TPSA) is 64.1 Å². The summed E-state index contributed by atoms with van der Waals surface area (Å²) in [6.07, 6.45) is 3.43. The lowest BCUT2D eigenvalue weighted by Crippen LogP contribution is -2.51. The van der Waals surface area contributed by atoms with Gasteiger partial charge >= 0.3 is 0 Å². The van der Waals surface area contributed by atoms with Crippen LogP contribution in [0.1, 0.15) is 19.3 Å². The van der Waals surface area contributed by atoms with Crippen LogP contribution in [-0.2, 0) is 0 Å². The van der Waals surface area contributed by atoms with Gasteiger partial charge in [0.1, 0.15) is 5.52 Å². The van der Waals surface area contributed by atoms with Crippen molar-refractivity contribution < 1.29 is 4.42 Å². The Labute approximate surface area is 93.8 Å². The molecule has 1 saturated carbocycles. The highest BCUT2D eigenvalue weighted by Gasteiger charge is 2.36. The zero-order valence-corrected chi connectivity index (χ0v) is 9.07. The molecule has 1 aromatic heterocycles. The summed E-state index contributed by atoms with van der Waals surface area (Å²) in [5, 5.41) is 3.33. The summed E-state index contributed by atoms with van der Waals surface area (Å²) in [4.78, 5) is 4.39. The molecule has 2 aromatic rings. The Morgan fingerprint density at radius 1 is 1.38 bits per heavy atom. The minimum Gasteiger partial charge on any atom is -0.424 e. The van der Waals surface area contributed by atoms with Gasteiger partial charge in [0.05, 0.1) is 5.54 Å². The summed E-state index contributed by atoms with van der Waals surface area (Å²) in [6.45, 7) is 0.631. The molecule has 0 aliphatic heterocycles. The van der Waals surface area contributed by atoms with Gasteiger partial charge in [-0.1, -0.05) is 12.1 Å². The molecule has 84 valence electrons. The highest BCUT2D eigenvalue weighted by atomic mass is 16.4. The number of nitrogens with zero attached hydrogens (tertiary/aromatic N) is 1. The molecule has 1 aliphatic rings. The summed E-state index contributed by atoms with van der Waals surface area (Å²) in [6, 6.07) is 8.35. The van der Waals surface area contributed by atoms with Crippen molar-refractivity contribution in [3.63, 3.8) is 0 Å². The third-order valence-electron chi connectivity index (χ3n) is 3.37. The van der Waals surface area contributed by atoms with Gasteiger partial charge in [-0.25, -0.2) is 0 Å². The van der Waals surface area contributed by atoms with Gasteiger partial charge in [0.2, 0.25) is 0 Å². The number of oxazole rings is 1. The quantitative estimate of drug-likeness (QED) is 0.826. The van der Waals surface area contributed by atoms with Crippen molar-refractivity contribution in [3.05, 3.63) is 24.3 Å². The van der Waals surface area contributed by atoms with Crippen LogP contribution < -0.4 is 11.1 Å². The van der Waals surface area contributed by atoms with E-state index in [0.29, 0.717) is 12.6 Å². The van der Waals surface area contributed by atoms with E-state index in [-0.39, 0.29) is 5.54 Å². The first kappa shape index (κ1) is 9.66. The van der Waals surface area contributed by atoms with E-state index in [1.165, 1.54) is 6.42 Å². The molecule has 1 aromatic carbocycles. The third-order valence-corrected chi connectivity index (χ3v) is 3.37. The summed E-state index contributed by atoms with van der Waals surface area (Å²) in [5.41, 5.74) is 7.50. The molecule has 4 nitrogen and oxygen atoms in total. The van der Waals surface area contributed by atoms with Crippen LogP contribution in [0.25, 0.3) is 11.1 Å². The SMILES string of the molecule is NCC1(Nc2nc3ccccc3o2)CCC1. The number of nitrogens with one attached hydrogen (secondary N) is 1. The van der Waals surface area contributed by atoms with E-state index in [1.807, 2.05) is 24.3 Å². The van der Waals surface area contributed by atoms with Crippen molar-refractivity contribution in [3.8, 4) is 0 Å². The van der Waals surface area contributed by atoms with Crippen LogP contribution in [0.4, 0.5) is 6.01 Å². The Balaban J connectivity index is 1.89. The zero-order chi connectivity index (χ0) is 11.0. The van der Waals surface area contributed by atoms with Gasteiger partial charge in [-0.3, -0.25) is 0 Å². The van der Waals surface area contributed by atoms with Crippen LogP contribution in [-0.4, -0.2) is 17.1 Å². The maximum atomic E-state index is 5.78. The fourth-order valence-corrected chi connectivity index (χ4v) is 2.14. The van der Waals surface area contributed by atoms with Crippen LogP contribution in [0.3, 0.4) is 0 Å². The molecule has 0 amide bonds. The first-order chi connectivity index (χ1) is 7.81. The summed E-state index contributed by atoms with van der Waals surface area (Å²) >= 11 is 0. The van der Waals surface area contributed by atoms with E-state index in [9.17, 15) is 0 Å². The second-order valence-electron chi connectivity index (χ2n) is 4.45. The molecule has 1 fully saturated rings.